The molecule has 0 aliphatic heterocycles. The minimum atomic E-state index is -0.300. The van der Waals surface area contributed by atoms with Gasteiger partial charge in [-0.05, 0) is 46.6 Å². The van der Waals surface area contributed by atoms with Crippen molar-refractivity contribution in [3.8, 4) is 0 Å². The predicted molar refractivity (Wildman–Crippen MR) is 67.0 cm³/mol. The Bertz CT molecular complexity index is 612. The first-order valence-corrected chi connectivity index (χ1v) is 5.63. The lowest BCUT2D eigenvalue weighted by molar-refractivity contribution is 0.627. The fourth-order valence-electron chi connectivity index (χ4n) is 1.37. The highest BCUT2D eigenvalue weighted by Gasteiger charge is 2.07. The van der Waals surface area contributed by atoms with Crippen molar-refractivity contribution in [2.24, 2.45) is 0 Å². The average Bonchev–Trinajstić information content (AvgIpc) is 2.28. The van der Waals surface area contributed by atoms with Crippen molar-refractivity contribution >= 4 is 27.4 Å². The van der Waals surface area contributed by atoms with Gasteiger partial charge in [0.1, 0.15) is 10.3 Å². The molecule has 0 radical (unpaired) electrons. The summed E-state index contributed by atoms with van der Waals surface area (Å²) in [6, 6.07) is 4.35. The first-order chi connectivity index (χ1) is 8.08. The maximum absolute atomic E-state index is 12.9. The van der Waals surface area contributed by atoms with Gasteiger partial charge in [0, 0.05) is 5.69 Å². The van der Waals surface area contributed by atoms with Gasteiger partial charge in [0.05, 0.1) is 6.33 Å². The number of aromatic nitrogens is 2. The van der Waals surface area contributed by atoms with Gasteiger partial charge in [-0.3, -0.25) is 4.79 Å². The van der Waals surface area contributed by atoms with E-state index in [0.29, 0.717) is 16.0 Å². The van der Waals surface area contributed by atoms with Crippen LogP contribution < -0.4 is 10.9 Å². The molecule has 6 heteroatoms. The van der Waals surface area contributed by atoms with Crippen molar-refractivity contribution in [1.82, 2.24) is 9.97 Å². The van der Waals surface area contributed by atoms with Crippen molar-refractivity contribution in [2.45, 2.75) is 6.92 Å². The number of nitrogens with zero attached hydrogens (tertiary/aromatic N) is 1. The number of rotatable bonds is 2. The van der Waals surface area contributed by atoms with Gasteiger partial charge < -0.3 is 10.3 Å². The predicted octanol–water partition coefficient (Wildman–Crippen LogP) is 2.72. The van der Waals surface area contributed by atoms with Crippen LogP contribution in [-0.2, 0) is 0 Å². The molecule has 0 bridgehead atoms. The summed E-state index contributed by atoms with van der Waals surface area (Å²) in [5.74, 6) is 0.0921. The monoisotopic (exact) mass is 297 g/mol. The highest BCUT2D eigenvalue weighted by molar-refractivity contribution is 9.10. The second kappa shape index (κ2) is 4.67. The van der Waals surface area contributed by atoms with E-state index in [0.717, 1.165) is 5.56 Å². The number of nitrogens with one attached hydrogen (secondary N) is 2. The Morgan fingerprint density at radius 2 is 2.24 bits per heavy atom. The molecule has 1 aromatic carbocycles. The Balaban J connectivity index is 2.38. The summed E-state index contributed by atoms with van der Waals surface area (Å²) in [5.41, 5.74) is 1.16. The second-order valence-electron chi connectivity index (χ2n) is 3.48. The van der Waals surface area contributed by atoms with Gasteiger partial charge in [-0.1, -0.05) is 0 Å². The molecular formula is C11H9BrFN3O. The molecule has 0 aliphatic carbocycles. The Labute approximate surface area is 105 Å². The van der Waals surface area contributed by atoms with Crippen LogP contribution in [0.25, 0.3) is 0 Å². The molecule has 2 rings (SSSR count). The summed E-state index contributed by atoms with van der Waals surface area (Å²) in [5, 5.41) is 2.96. The first kappa shape index (κ1) is 11.8. The molecule has 0 fully saturated rings. The van der Waals surface area contributed by atoms with E-state index >= 15 is 0 Å². The summed E-state index contributed by atoms with van der Waals surface area (Å²) in [6.45, 7) is 1.77. The van der Waals surface area contributed by atoms with Crippen LogP contribution in [0.5, 0.6) is 0 Å². The van der Waals surface area contributed by atoms with E-state index < -0.39 is 0 Å². The molecule has 2 N–H and O–H groups in total. The fraction of sp³-hybridized carbons (Fsp3) is 0.0909. The second-order valence-corrected chi connectivity index (χ2v) is 4.27. The normalized spacial score (nSPS) is 10.3. The van der Waals surface area contributed by atoms with E-state index in [4.69, 9.17) is 0 Å². The van der Waals surface area contributed by atoms with Gasteiger partial charge in [0.25, 0.3) is 5.56 Å². The van der Waals surface area contributed by atoms with Gasteiger partial charge in [-0.2, -0.15) is 0 Å². The van der Waals surface area contributed by atoms with Crippen LogP contribution in [0.2, 0.25) is 0 Å². The third-order valence-corrected chi connectivity index (χ3v) is 2.97. The summed E-state index contributed by atoms with van der Waals surface area (Å²) >= 11 is 3.13. The topological polar surface area (TPSA) is 57.8 Å². The number of aromatic amines is 1. The highest BCUT2D eigenvalue weighted by atomic mass is 79.9. The van der Waals surface area contributed by atoms with E-state index in [1.54, 1.807) is 13.0 Å². The maximum Gasteiger partial charge on any atom is 0.267 e. The van der Waals surface area contributed by atoms with Crippen LogP contribution in [0, 0.1) is 12.7 Å². The minimum Gasteiger partial charge on any atom is -0.339 e. The zero-order valence-electron chi connectivity index (χ0n) is 8.92. The molecule has 0 unspecified atom stereocenters. The van der Waals surface area contributed by atoms with Crippen molar-refractivity contribution in [2.75, 3.05) is 5.32 Å². The molecule has 0 atom stereocenters. The third-order valence-electron chi connectivity index (χ3n) is 2.24. The van der Waals surface area contributed by atoms with E-state index in [1.807, 2.05) is 0 Å². The van der Waals surface area contributed by atoms with Gasteiger partial charge in [0.2, 0.25) is 0 Å². The van der Waals surface area contributed by atoms with Gasteiger partial charge in [0.15, 0.2) is 5.82 Å². The molecule has 1 aromatic heterocycles. The number of benzene rings is 1. The summed E-state index contributed by atoms with van der Waals surface area (Å²) in [6.07, 6.45) is 1.30. The molecule has 1 heterocycles. The Morgan fingerprint density at radius 3 is 2.94 bits per heavy atom. The first-order valence-electron chi connectivity index (χ1n) is 4.84. The van der Waals surface area contributed by atoms with Gasteiger partial charge >= 0.3 is 0 Å². The van der Waals surface area contributed by atoms with E-state index in [-0.39, 0.29) is 11.4 Å². The minimum absolute atomic E-state index is 0.276. The molecule has 0 saturated heterocycles. The van der Waals surface area contributed by atoms with Crippen LogP contribution in [0.1, 0.15) is 5.56 Å². The molecule has 0 saturated carbocycles. The van der Waals surface area contributed by atoms with Gasteiger partial charge in [-0.25, -0.2) is 9.37 Å². The Kier molecular flexibility index (Phi) is 3.23. The van der Waals surface area contributed by atoms with Crippen LogP contribution in [0.4, 0.5) is 15.9 Å². The number of halogens is 2. The number of aryl methyl sites for hydroxylation is 1. The average molecular weight is 298 g/mol. The lowest BCUT2D eigenvalue weighted by Gasteiger charge is -2.09. The van der Waals surface area contributed by atoms with Crippen molar-refractivity contribution in [1.29, 1.82) is 0 Å². The number of H-pyrrole nitrogens is 1. The van der Waals surface area contributed by atoms with E-state index in [9.17, 15) is 9.18 Å². The van der Waals surface area contributed by atoms with Crippen LogP contribution in [0.15, 0.2) is 33.8 Å². The standard InChI is InChI=1S/C11H9BrFN3O/c1-6-4-7(13)2-3-8(6)16-10-9(12)11(17)15-5-14-10/h2-5H,1H3,(H2,14,15,16,17). The third kappa shape index (κ3) is 2.52. The zero-order chi connectivity index (χ0) is 12.4. The number of hydrogen-bond donors (Lipinski definition) is 2. The van der Waals surface area contributed by atoms with Crippen LogP contribution in [0.3, 0.4) is 0 Å². The van der Waals surface area contributed by atoms with Crippen LogP contribution in [-0.4, -0.2) is 9.97 Å². The lowest BCUT2D eigenvalue weighted by Crippen LogP contribution is -2.10. The maximum atomic E-state index is 12.9. The largest absolute Gasteiger partial charge is 0.339 e. The van der Waals surface area contributed by atoms with Crippen molar-refractivity contribution in [3.63, 3.8) is 0 Å². The number of hydrogen-bond acceptors (Lipinski definition) is 3. The van der Waals surface area contributed by atoms with Crippen LogP contribution >= 0.6 is 15.9 Å². The van der Waals surface area contributed by atoms with Gasteiger partial charge in [-0.15, -0.1) is 0 Å². The van der Waals surface area contributed by atoms with E-state index in [2.05, 4.69) is 31.2 Å². The Morgan fingerprint density at radius 1 is 1.47 bits per heavy atom. The Hall–Kier alpha value is -1.69. The SMILES string of the molecule is Cc1cc(F)ccc1Nc1nc[nH]c(=O)c1Br. The molecule has 0 amide bonds. The molecule has 17 heavy (non-hydrogen) atoms. The molecule has 0 aliphatic rings. The molecule has 88 valence electrons. The quantitative estimate of drug-likeness (QED) is 0.896. The molecule has 2 aromatic rings. The fourth-order valence-corrected chi connectivity index (χ4v) is 1.68. The van der Waals surface area contributed by atoms with Crippen molar-refractivity contribution in [3.05, 3.63) is 50.7 Å². The summed E-state index contributed by atoms with van der Waals surface area (Å²) in [4.78, 5) is 17.8. The van der Waals surface area contributed by atoms with Crippen molar-refractivity contribution < 1.29 is 4.39 Å². The summed E-state index contributed by atoms with van der Waals surface area (Å²) < 4.78 is 13.2. The lowest BCUT2D eigenvalue weighted by atomic mass is 10.2. The van der Waals surface area contributed by atoms with E-state index in [1.165, 1.54) is 18.5 Å². The highest BCUT2D eigenvalue weighted by Crippen LogP contribution is 2.22. The smallest absolute Gasteiger partial charge is 0.267 e. The molecule has 4 nitrogen and oxygen atoms in total. The molecular weight excluding hydrogens is 289 g/mol. The summed E-state index contributed by atoms with van der Waals surface area (Å²) in [7, 11) is 0. The molecule has 0 spiro atoms. The number of anilines is 2. The zero-order valence-corrected chi connectivity index (χ0v) is 10.5.